The number of rotatable bonds is 5. The van der Waals surface area contributed by atoms with E-state index in [2.05, 4.69) is 10.1 Å². The number of carbonyl (C=O) groups excluding carboxylic acids is 2. The topological polar surface area (TPSA) is 85.3 Å². The van der Waals surface area contributed by atoms with Crippen LogP contribution in [0.2, 0.25) is 0 Å². The van der Waals surface area contributed by atoms with E-state index in [1.165, 1.54) is 0 Å². The highest BCUT2D eigenvalue weighted by molar-refractivity contribution is 5.93. The smallest absolute Gasteiger partial charge is 0.389 e. The van der Waals surface area contributed by atoms with Crippen LogP contribution in [0.5, 0.6) is 0 Å². The quantitative estimate of drug-likeness (QED) is 0.744. The summed E-state index contributed by atoms with van der Waals surface area (Å²) in [5.74, 6) is 0.236. The number of nitrogens with two attached hydrogens (primary N) is 1. The largest absolute Gasteiger partial charge is 0.409 e. The van der Waals surface area contributed by atoms with Gasteiger partial charge in [-0.1, -0.05) is 13.8 Å². The fourth-order valence-corrected chi connectivity index (χ4v) is 1.27. The second kappa shape index (κ2) is 6.58. The van der Waals surface area contributed by atoms with Crippen LogP contribution in [0.1, 0.15) is 24.2 Å². The minimum Gasteiger partial charge on any atom is -0.389 e. The van der Waals surface area contributed by atoms with Crippen molar-refractivity contribution < 1.29 is 18.9 Å². The molecule has 0 saturated carbocycles. The first kappa shape index (κ1) is 14.0. The van der Waals surface area contributed by atoms with Crippen LogP contribution in [-0.4, -0.2) is 18.5 Å². The average Bonchev–Trinajstić information content (AvgIpc) is 2.33. The predicted molar refractivity (Wildman–Crippen MR) is 64.5 cm³/mol. The van der Waals surface area contributed by atoms with Crippen molar-refractivity contribution in [2.45, 2.75) is 20.6 Å². The van der Waals surface area contributed by atoms with Gasteiger partial charge in [0, 0.05) is 12.6 Å². The Kier molecular flexibility index (Phi) is 5.10. The maximum atomic E-state index is 11.8. The lowest BCUT2D eigenvalue weighted by atomic mass is 10.2. The predicted octanol–water partition coefficient (Wildman–Crippen LogP) is 0.413. The number of hydrogen-bond acceptors (Lipinski definition) is 3. The number of pyridine rings is 1. The van der Waals surface area contributed by atoms with Gasteiger partial charge in [-0.3, -0.25) is 4.79 Å². The molecule has 0 spiro atoms. The molecule has 0 aromatic carbocycles. The van der Waals surface area contributed by atoms with Gasteiger partial charge in [-0.15, -0.1) is 0 Å². The second-order valence-electron chi connectivity index (χ2n) is 4.30. The van der Waals surface area contributed by atoms with Gasteiger partial charge in [0.05, 0.1) is 0 Å². The molecule has 1 rings (SSSR count). The second-order valence-corrected chi connectivity index (χ2v) is 4.30. The lowest BCUT2D eigenvalue weighted by molar-refractivity contribution is -0.727. The lowest BCUT2D eigenvalue weighted by Crippen LogP contribution is -2.38. The number of primary amides is 1. The average molecular weight is 252 g/mol. The summed E-state index contributed by atoms with van der Waals surface area (Å²) in [6, 6.07) is 3.39. The highest BCUT2D eigenvalue weighted by Crippen LogP contribution is 1.96. The minimum atomic E-state index is -0.850. The van der Waals surface area contributed by atoms with Crippen LogP contribution in [0.25, 0.3) is 0 Å². The Bertz CT molecular complexity index is 432. The van der Waals surface area contributed by atoms with Crippen LogP contribution in [0.3, 0.4) is 0 Å². The third-order valence-electron chi connectivity index (χ3n) is 2.15. The SMILES string of the molecule is CC(C)CNC(=O)c1ccc[n+](COC(N)=O)c1. The van der Waals surface area contributed by atoms with Crippen LogP contribution >= 0.6 is 0 Å². The van der Waals surface area contributed by atoms with Gasteiger partial charge >= 0.3 is 6.09 Å². The molecule has 0 atom stereocenters. The van der Waals surface area contributed by atoms with Crippen molar-refractivity contribution in [1.82, 2.24) is 5.32 Å². The Morgan fingerprint density at radius 3 is 2.83 bits per heavy atom. The molecule has 0 aliphatic carbocycles. The molecule has 1 heterocycles. The van der Waals surface area contributed by atoms with Crippen molar-refractivity contribution in [2.75, 3.05) is 6.54 Å². The summed E-state index contributed by atoms with van der Waals surface area (Å²) in [5, 5.41) is 2.81. The Morgan fingerprint density at radius 2 is 2.22 bits per heavy atom. The Hall–Kier alpha value is -2.11. The summed E-state index contributed by atoms with van der Waals surface area (Å²) < 4.78 is 6.20. The van der Waals surface area contributed by atoms with Gasteiger partial charge < -0.3 is 15.8 Å². The van der Waals surface area contributed by atoms with Gasteiger partial charge in [0.1, 0.15) is 5.56 Å². The van der Waals surface area contributed by atoms with E-state index in [-0.39, 0.29) is 12.6 Å². The molecule has 6 heteroatoms. The maximum Gasteiger partial charge on any atom is 0.409 e. The van der Waals surface area contributed by atoms with Crippen LogP contribution in [0.4, 0.5) is 4.79 Å². The van der Waals surface area contributed by atoms with E-state index >= 15 is 0 Å². The highest BCUT2D eigenvalue weighted by atomic mass is 16.6. The third kappa shape index (κ3) is 4.82. The van der Waals surface area contributed by atoms with Crippen LogP contribution in [0.15, 0.2) is 24.5 Å². The van der Waals surface area contributed by atoms with E-state index in [0.29, 0.717) is 18.0 Å². The van der Waals surface area contributed by atoms with Gasteiger partial charge in [0.15, 0.2) is 12.4 Å². The first-order valence-electron chi connectivity index (χ1n) is 5.68. The molecule has 2 amide bonds. The van der Waals surface area contributed by atoms with E-state index in [1.54, 1.807) is 29.1 Å². The monoisotopic (exact) mass is 252 g/mol. The van der Waals surface area contributed by atoms with Crippen LogP contribution in [-0.2, 0) is 11.5 Å². The molecule has 1 aromatic rings. The van der Waals surface area contributed by atoms with Crippen molar-refractivity contribution in [3.63, 3.8) is 0 Å². The Morgan fingerprint density at radius 1 is 1.50 bits per heavy atom. The lowest BCUT2D eigenvalue weighted by Gasteiger charge is -2.06. The summed E-state index contributed by atoms with van der Waals surface area (Å²) in [6.45, 7) is 4.64. The fraction of sp³-hybridized carbons (Fsp3) is 0.417. The van der Waals surface area contributed by atoms with Crippen molar-refractivity contribution in [2.24, 2.45) is 11.7 Å². The van der Waals surface area contributed by atoms with E-state index in [4.69, 9.17) is 5.73 Å². The maximum absolute atomic E-state index is 11.8. The minimum absolute atomic E-state index is 0.0133. The van der Waals surface area contributed by atoms with Gasteiger partial charge in [0.25, 0.3) is 12.6 Å². The summed E-state index contributed by atoms with van der Waals surface area (Å²) in [4.78, 5) is 22.3. The molecule has 0 aliphatic rings. The first-order chi connectivity index (χ1) is 8.49. The van der Waals surface area contributed by atoms with Gasteiger partial charge in [-0.2, -0.15) is 4.57 Å². The Balaban J connectivity index is 2.63. The molecule has 0 aliphatic heterocycles. The van der Waals surface area contributed by atoms with E-state index < -0.39 is 6.09 Å². The molecule has 0 saturated heterocycles. The number of carbonyl (C=O) groups is 2. The molecule has 0 fully saturated rings. The van der Waals surface area contributed by atoms with Crippen molar-refractivity contribution in [3.05, 3.63) is 30.1 Å². The number of ether oxygens (including phenoxy) is 1. The van der Waals surface area contributed by atoms with Crippen molar-refractivity contribution >= 4 is 12.0 Å². The molecule has 0 radical (unpaired) electrons. The molecule has 6 nitrogen and oxygen atoms in total. The standard InChI is InChI=1S/C12H17N3O3/c1-9(2)6-14-11(16)10-4-3-5-15(7-10)8-18-12(13)17/h3-5,7,9H,6,8H2,1-2H3,(H2-,13,14,16,17)/p+1. The zero-order valence-electron chi connectivity index (χ0n) is 10.6. The first-order valence-corrected chi connectivity index (χ1v) is 5.68. The normalized spacial score (nSPS) is 10.2. The highest BCUT2D eigenvalue weighted by Gasteiger charge is 2.11. The van der Waals surface area contributed by atoms with Crippen LogP contribution in [0, 0.1) is 5.92 Å². The fourth-order valence-electron chi connectivity index (χ4n) is 1.27. The molecule has 98 valence electrons. The molecular formula is C12H18N3O3+. The van der Waals surface area contributed by atoms with E-state index in [9.17, 15) is 9.59 Å². The van der Waals surface area contributed by atoms with Gasteiger partial charge in [-0.05, 0) is 12.0 Å². The zero-order valence-corrected chi connectivity index (χ0v) is 10.6. The number of nitrogens with one attached hydrogen (secondary N) is 1. The third-order valence-corrected chi connectivity index (χ3v) is 2.15. The molecule has 0 bridgehead atoms. The summed E-state index contributed by atoms with van der Waals surface area (Å²) in [7, 11) is 0. The van der Waals surface area contributed by atoms with E-state index in [1.807, 2.05) is 13.8 Å². The molecular weight excluding hydrogens is 234 g/mol. The summed E-state index contributed by atoms with van der Waals surface area (Å²) in [6.07, 6.45) is 2.43. The van der Waals surface area contributed by atoms with Gasteiger partial charge in [0.2, 0.25) is 0 Å². The number of nitrogens with zero attached hydrogens (tertiary/aromatic N) is 1. The van der Waals surface area contributed by atoms with Crippen molar-refractivity contribution in [1.29, 1.82) is 0 Å². The molecule has 18 heavy (non-hydrogen) atoms. The molecule has 0 unspecified atom stereocenters. The molecule has 1 aromatic heterocycles. The number of aromatic nitrogens is 1. The van der Waals surface area contributed by atoms with Crippen molar-refractivity contribution in [3.8, 4) is 0 Å². The van der Waals surface area contributed by atoms with Gasteiger partial charge in [-0.25, -0.2) is 4.79 Å². The van der Waals surface area contributed by atoms with E-state index in [0.717, 1.165) is 0 Å². The zero-order chi connectivity index (χ0) is 13.5. The number of amides is 2. The summed E-state index contributed by atoms with van der Waals surface area (Å²) >= 11 is 0. The summed E-state index contributed by atoms with van der Waals surface area (Å²) in [5.41, 5.74) is 5.37. The number of hydrogen-bond donors (Lipinski definition) is 2. The van der Waals surface area contributed by atoms with Crippen LogP contribution < -0.4 is 15.6 Å². The Labute approximate surface area is 106 Å². The molecule has 3 N–H and O–H groups in total.